The molecule has 0 bridgehead atoms. The van der Waals surface area contributed by atoms with E-state index in [-0.39, 0.29) is 0 Å². The summed E-state index contributed by atoms with van der Waals surface area (Å²) in [4.78, 5) is 0. The Morgan fingerprint density at radius 1 is 0.786 bits per heavy atom. The van der Waals surface area contributed by atoms with E-state index in [2.05, 4.69) is 90.9 Å². The SMILES string of the molecule is Cc1cc2c(-c3cc(C(C)C)cc(C(C)C)c3)c(C(C)C)ccc2[cH-]1.[Cl][Zr][Cl]. The van der Waals surface area contributed by atoms with E-state index in [9.17, 15) is 0 Å². The second kappa shape index (κ2) is 10.5. The van der Waals surface area contributed by atoms with E-state index in [1.807, 2.05) is 0 Å². The van der Waals surface area contributed by atoms with Gasteiger partial charge in [-0.1, -0.05) is 77.8 Å². The number of halogens is 2. The van der Waals surface area contributed by atoms with Crippen molar-refractivity contribution in [3.63, 3.8) is 0 Å². The molecule has 0 saturated heterocycles. The molecule has 0 amide bonds. The summed E-state index contributed by atoms with van der Waals surface area (Å²) < 4.78 is 0. The number of rotatable bonds is 4. The molecule has 0 saturated carbocycles. The minimum atomic E-state index is -0.826. The Balaban J connectivity index is 0.000000878. The number of hydrogen-bond acceptors (Lipinski definition) is 0. The summed E-state index contributed by atoms with van der Waals surface area (Å²) in [6.45, 7) is 16.0. The summed E-state index contributed by atoms with van der Waals surface area (Å²) in [6.07, 6.45) is 0. The van der Waals surface area contributed by atoms with Crippen molar-refractivity contribution in [1.29, 1.82) is 0 Å². The molecule has 3 heteroatoms. The molecular weight excluding hydrogens is 462 g/mol. The molecule has 0 atom stereocenters. The van der Waals surface area contributed by atoms with Crippen molar-refractivity contribution in [2.75, 3.05) is 0 Å². The van der Waals surface area contributed by atoms with E-state index in [0.717, 1.165) is 0 Å². The summed E-state index contributed by atoms with van der Waals surface area (Å²) in [6, 6.07) is 16.5. The van der Waals surface area contributed by atoms with Crippen LogP contribution in [0.15, 0.2) is 42.5 Å². The van der Waals surface area contributed by atoms with Crippen LogP contribution < -0.4 is 0 Å². The van der Waals surface area contributed by atoms with Crippen molar-refractivity contribution in [3.8, 4) is 11.1 Å². The first-order valence-corrected chi connectivity index (χ1v) is 16.3. The number of benzene rings is 2. The zero-order valence-corrected chi connectivity index (χ0v) is 22.0. The molecule has 0 heterocycles. The molecule has 28 heavy (non-hydrogen) atoms. The maximum absolute atomic E-state index is 4.93. The van der Waals surface area contributed by atoms with Gasteiger partial charge in [-0.05, 0) is 34.4 Å². The van der Waals surface area contributed by atoms with Crippen LogP contribution in [-0.4, -0.2) is 0 Å². The molecule has 3 aromatic rings. The van der Waals surface area contributed by atoms with Gasteiger partial charge in [-0.2, -0.15) is 6.07 Å². The van der Waals surface area contributed by atoms with Crippen LogP contribution in [0, 0.1) is 6.92 Å². The van der Waals surface area contributed by atoms with Crippen molar-refractivity contribution in [2.24, 2.45) is 0 Å². The second-order valence-corrected chi connectivity index (χ2v) is 12.2. The van der Waals surface area contributed by atoms with Crippen LogP contribution in [0.1, 0.15) is 81.5 Å². The Morgan fingerprint density at radius 2 is 1.32 bits per heavy atom. The Labute approximate surface area is 189 Å². The predicted octanol–water partition coefficient (Wildman–Crippen LogP) is 9.28. The van der Waals surface area contributed by atoms with E-state index in [1.165, 1.54) is 44.2 Å². The van der Waals surface area contributed by atoms with E-state index in [4.69, 9.17) is 17.0 Å². The molecular formula is C25H31Cl2Zr-. The zero-order chi connectivity index (χ0) is 21.0. The molecule has 0 aliphatic rings. The fraction of sp³-hybridized carbons (Fsp3) is 0.400. The molecule has 0 unspecified atom stereocenters. The number of aryl methyl sites for hydroxylation is 1. The summed E-state index contributed by atoms with van der Waals surface area (Å²) in [5, 5.41) is 2.76. The first kappa shape index (κ1) is 23.8. The van der Waals surface area contributed by atoms with Gasteiger partial charge in [0, 0.05) is 0 Å². The van der Waals surface area contributed by atoms with E-state index in [0.29, 0.717) is 17.8 Å². The van der Waals surface area contributed by atoms with Gasteiger partial charge in [0.1, 0.15) is 0 Å². The average molecular weight is 494 g/mol. The van der Waals surface area contributed by atoms with Gasteiger partial charge in [-0.3, -0.25) is 0 Å². The van der Waals surface area contributed by atoms with Crippen molar-refractivity contribution >= 4 is 27.8 Å². The normalized spacial score (nSPS) is 11.3. The van der Waals surface area contributed by atoms with Gasteiger partial charge < -0.3 is 0 Å². The van der Waals surface area contributed by atoms with Crippen LogP contribution in [-0.2, 0) is 20.8 Å². The Morgan fingerprint density at radius 3 is 1.79 bits per heavy atom. The Hall–Kier alpha value is -0.487. The molecule has 3 aromatic carbocycles. The van der Waals surface area contributed by atoms with Gasteiger partial charge in [0.2, 0.25) is 0 Å². The third kappa shape index (κ3) is 5.56. The molecule has 0 nitrogen and oxygen atoms in total. The van der Waals surface area contributed by atoms with Crippen LogP contribution >= 0.6 is 17.0 Å². The molecule has 0 fully saturated rings. The topological polar surface area (TPSA) is 0 Å². The van der Waals surface area contributed by atoms with Crippen LogP contribution in [0.3, 0.4) is 0 Å². The third-order valence-corrected chi connectivity index (χ3v) is 5.29. The summed E-state index contributed by atoms with van der Waals surface area (Å²) >= 11 is -0.826. The minimum absolute atomic E-state index is 0.514. The van der Waals surface area contributed by atoms with Crippen molar-refractivity contribution in [2.45, 2.75) is 66.2 Å². The molecule has 150 valence electrons. The van der Waals surface area contributed by atoms with Gasteiger partial charge in [0.25, 0.3) is 0 Å². The Kier molecular flexibility index (Phi) is 8.93. The monoisotopic (exact) mass is 491 g/mol. The molecule has 0 aromatic heterocycles. The van der Waals surface area contributed by atoms with Gasteiger partial charge in [-0.25, -0.2) is 0 Å². The van der Waals surface area contributed by atoms with Crippen molar-refractivity contribution in [3.05, 3.63) is 64.7 Å². The predicted molar refractivity (Wildman–Crippen MR) is 124 cm³/mol. The first-order chi connectivity index (χ1) is 13.2. The number of fused-ring (bicyclic) bond motifs is 1. The van der Waals surface area contributed by atoms with Gasteiger partial charge in [0.05, 0.1) is 0 Å². The van der Waals surface area contributed by atoms with Crippen LogP contribution in [0.25, 0.3) is 21.9 Å². The fourth-order valence-corrected chi connectivity index (χ4v) is 3.74. The molecule has 0 radical (unpaired) electrons. The van der Waals surface area contributed by atoms with Crippen LogP contribution in [0.2, 0.25) is 0 Å². The zero-order valence-electron chi connectivity index (χ0n) is 18.0. The van der Waals surface area contributed by atoms with E-state index >= 15 is 0 Å². The third-order valence-electron chi connectivity index (χ3n) is 5.29. The average Bonchev–Trinajstić information content (AvgIpc) is 3.00. The van der Waals surface area contributed by atoms with Gasteiger partial charge in [-0.15, -0.1) is 34.5 Å². The first-order valence-electron chi connectivity index (χ1n) is 10.0. The summed E-state index contributed by atoms with van der Waals surface area (Å²) in [5.41, 5.74) is 8.50. The quantitative estimate of drug-likeness (QED) is 0.318. The van der Waals surface area contributed by atoms with E-state index in [1.54, 1.807) is 0 Å². The standard InChI is InChI=1S/C25H31.2ClH.Zr/c1-15(2)20-12-21(16(3)4)14-22(13-20)25-23(17(5)6)9-8-19-10-18(7)11-24(19)25;;;/h8-17H,1-7H3;2*1H;/q-1;;;+2/p-2. The molecule has 0 aliphatic heterocycles. The molecule has 0 spiro atoms. The molecule has 0 aliphatic carbocycles. The summed E-state index contributed by atoms with van der Waals surface area (Å²) in [7, 11) is 9.87. The van der Waals surface area contributed by atoms with Gasteiger partial charge in [0.15, 0.2) is 0 Å². The van der Waals surface area contributed by atoms with Crippen LogP contribution in [0.5, 0.6) is 0 Å². The van der Waals surface area contributed by atoms with Crippen molar-refractivity contribution < 1.29 is 20.8 Å². The maximum atomic E-state index is 4.93. The van der Waals surface area contributed by atoms with Crippen molar-refractivity contribution in [1.82, 2.24) is 0 Å². The number of hydrogen-bond donors (Lipinski definition) is 0. The second-order valence-electron chi connectivity index (χ2n) is 8.49. The molecule has 0 N–H and O–H groups in total. The fourth-order valence-electron chi connectivity index (χ4n) is 3.74. The Bertz CT molecular complexity index is 893. The summed E-state index contributed by atoms with van der Waals surface area (Å²) in [5.74, 6) is 1.60. The molecule has 3 rings (SSSR count). The van der Waals surface area contributed by atoms with Crippen LogP contribution in [0.4, 0.5) is 0 Å². The van der Waals surface area contributed by atoms with Gasteiger partial charge >= 0.3 is 37.9 Å². The van der Waals surface area contributed by atoms with E-state index < -0.39 is 20.8 Å².